The average molecular weight is 197 g/mol. The van der Waals surface area contributed by atoms with Crippen LogP contribution in [0.15, 0.2) is 6.07 Å². The van der Waals surface area contributed by atoms with E-state index in [0.29, 0.717) is 24.7 Å². The number of rotatable bonds is 5. The summed E-state index contributed by atoms with van der Waals surface area (Å²) in [6.07, 6.45) is 0.700. The minimum atomic E-state index is 0.175. The van der Waals surface area contributed by atoms with E-state index in [1.165, 1.54) is 0 Å². The van der Waals surface area contributed by atoms with Crippen molar-refractivity contribution in [1.29, 1.82) is 0 Å². The maximum atomic E-state index is 8.60. The van der Waals surface area contributed by atoms with Crippen molar-refractivity contribution in [3.63, 3.8) is 0 Å². The lowest BCUT2D eigenvalue weighted by molar-refractivity contribution is 0.292. The molecule has 5 heteroatoms. The first-order valence-corrected chi connectivity index (χ1v) is 4.50. The van der Waals surface area contributed by atoms with Crippen molar-refractivity contribution in [2.75, 3.05) is 25.6 Å². The van der Waals surface area contributed by atoms with Gasteiger partial charge in [-0.1, -0.05) is 0 Å². The lowest BCUT2D eigenvalue weighted by atomic mass is 10.4. The number of aliphatic hydroxyl groups excluding tert-OH is 1. The minimum Gasteiger partial charge on any atom is -0.481 e. The van der Waals surface area contributed by atoms with Gasteiger partial charge in [0.15, 0.2) is 0 Å². The highest BCUT2D eigenvalue weighted by molar-refractivity contribution is 5.38. The van der Waals surface area contributed by atoms with Crippen LogP contribution < -0.4 is 10.1 Å². The number of anilines is 1. The molecule has 2 N–H and O–H groups in total. The molecule has 0 amide bonds. The number of nitrogens with zero attached hydrogens (tertiary/aromatic N) is 2. The molecule has 1 aromatic heterocycles. The van der Waals surface area contributed by atoms with Crippen LogP contribution in [0.1, 0.15) is 12.2 Å². The molecule has 0 bridgehead atoms. The lowest BCUT2D eigenvalue weighted by Gasteiger charge is -2.06. The number of methoxy groups -OCH3 is 1. The van der Waals surface area contributed by atoms with Gasteiger partial charge in [0.2, 0.25) is 5.88 Å². The SMILES string of the molecule is COc1cc(NCCCO)nc(C)n1. The summed E-state index contributed by atoms with van der Waals surface area (Å²) in [5, 5.41) is 11.7. The first kappa shape index (κ1) is 10.7. The van der Waals surface area contributed by atoms with Crippen molar-refractivity contribution in [3.05, 3.63) is 11.9 Å². The van der Waals surface area contributed by atoms with Crippen LogP contribution in [0.2, 0.25) is 0 Å². The molecule has 5 nitrogen and oxygen atoms in total. The maximum Gasteiger partial charge on any atom is 0.218 e. The van der Waals surface area contributed by atoms with E-state index in [9.17, 15) is 0 Å². The number of hydrogen-bond donors (Lipinski definition) is 2. The van der Waals surface area contributed by atoms with Crippen LogP contribution in [0.4, 0.5) is 5.82 Å². The molecule has 0 aliphatic heterocycles. The van der Waals surface area contributed by atoms with Crippen molar-refractivity contribution >= 4 is 5.82 Å². The second-order valence-electron chi connectivity index (χ2n) is 2.85. The van der Waals surface area contributed by atoms with Gasteiger partial charge in [0.05, 0.1) is 7.11 Å². The number of aryl methyl sites for hydroxylation is 1. The molecule has 0 saturated heterocycles. The molecular formula is C9H15N3O2. The van der Waals surface area contributed by atoms with Crippen LogP contribution in [0.3, 0.4) is 0 Å². The Morgan fingerprint density at radius 3 is 2.93 bits per heavy atom. The van der Waals surface area contributed by atoms with Crippen molar-refractivity contribution in [3.8, 4) is 5.88 Å². The van der Waals surface area contributed by atoms with Gasteiger partial charge in [0.1, 0.15) is 11.6 Å². The Bertz CT molecular complexity index is 291. The van der Waals surface area contributed by atoms with Crippen LogP contribution >= 0.6 is 0 Å². The third-order valence-corrected chi connectivity index (χ3v) is 1.66. The number of nitrogens with one attached hydrogen (secondary N) is 1. The highest BCUT2D eigenvalue weighted by Gasteiger charge is 2.00. The van der Waals surface area contributed by atoms with Crippen molar-refractivity contribution in [1.82, 2.24) is 9.97 Å². The van der Waals surface area contributed by atoms with Gasteiger partial charge in [-0.3, -0.25) is 0 Å². The molecule has 1 rings (SSSR count). The van der Waals surface area contributed by atoms with E-state index >= 15 is 0 Å². The fourth-order valence-corrected chi connectivity index (χ4v) is 1.03. The standard InChI is InChI=1S/C9H15N3O2/c1-7-11-8(10-4-3-5-13)6-9(12-7)14-2/h6,13H,3-5H2,1-2H3,(H,10,11,12). The number of aliphatic hydroxyl groups is 1. The molecule has 78 valence electrons. The maximum absolute atomic E-state index is 8.60. The molecule has 1 heterocycles. The van der Waals surface area contributed by atoms with E-state index in [0.717, 1.165) is 5.82 Å². The molecule has 0 aliphatic carbocycles. The average Bonchev–Trinajstić information content (AvgIpc) is 2.17. The fourth-order valence-electron chi connectivity index (χ4n) is 1.03. The summed E-state index contributed by atoms with van der Waals surface area (Å²) >= 11 is 0. The van der Waals surface area contributed by atoms with Crippen molar-refractivity contribution in [2.45, 2.75) is 13.3 Å². The predicted molar refractivity (Wildman–Crippen MR) is 53.5 cm³/mol. The zero-order chi connectivity index (χ0) is 10.4. The number of aromatic nitrogens is 2. The molecule has 14 heavy (non-hydrogen) atoms. The van der Waals surface area contributed by atoms with Gasteiger partial charge in [-0.15, -0.1) is 0 Å². The third kappa shape index (κ3) is 3.18. The molecule has 0 atom stereocenters. The third-order valence-electron chi connectivity index (χ3n) is 1.66. The summed E-state index contributed by atoms with van der Waals surface area (Å²) in [6, 6.07) is 1.73. The normalized spacial score (nSPS) is 9.93. The van der Waals surface area contributed by atoms with Gasteiger partial charge in [0, 0.05) is 19.2 Å². The van der Waals surface area contributed by atoms with E-state index in [2.05, 4.69) is 15.3 Å². The Hall–Kier alpha value is -1.36. The molecule has 0 aromatic carbocycles. The molecule has 0 saturated carbocycles. The molecule has 0 fully saturated rings. The number of hydrogen-bond acceptors (Lipinski definition) is 5. The molecule has 0 radical (unpaired) electrons. The van der Waals surface area contributed by atoms with Gasteiger partial charge >= 0.3 is 0 Å². The Kier molecular flexibility index (Phi) is 4.12. The predicted octanol–water partition coefficient (Wildman–Crippen LogP) is 0.588. The van der Waals surface area contributed by atoms with Gasteiger partial charge in [0.25, 0.3) is 0 Å². The first-order chi connectivity index (χ1) is 6.76. The highest BCUT2D eigenvalue weighted by atomic mass is 16.5. The van der Waals surface area contributed by atoms with E-state index in [4.69, 9.17) is 9.84 Å². The molecular weight excluding hydrogens is 182 g/mol. The Labute approximate surface area is 83.2 Å². The van der Waals surface area contributed by atoms with Crippen LogP contribution in [-0.4, -0.2) is 35.3 Å². The quantitative estimate of drug-likeness (QED) is 0.676. The zero-order valence-electron chi connectivity index (χ0n) is 8.45. The van der Waals surface area contributed by atoms with E-state index in [-0.39, 0.29) is 6.61 Å². The monoisotopic (exact) mass is 197 g/mol. The van der Waals surface area contributed by atoms with Gasteiger partial charge in [-0.25, -0.2) is 4.98 Å². The summed E-state index contributed by atoms with van der Waals surface area (Å²) in [5.74, 6) is 1.93. The van der Waals surface area contributed by atoms with Crippen molar-refractivity contribution in [2.24, 2.45) is 0 Å². The van der Waals surface area contributed by atoms with E-state index < -0.39 is 0 Å². The minimum absolute atomic E-state index is 0.175. The van der Waals surface area contributed by atoms with E-state index in [1.807, 2.05) is 0 Å². The Morgan fingerprint density at radius 2 is 2.29 bits per heavy atom. The Balaban J connectivity index is 2.62. The highest BCUT2D eigenvalue weighted by Crippen LogP contribution is 2.12. The summed E-state index contributed by atoms with van der Waals surface area (Å²) in [5.41, 5.74) is 0. The largest absolute Gasteiger partial charge is 0.481 e. The number of ether oxygens (including phenoxy) is 1. The second kappa shape index (κ2) is 5.39. The van der Waals surface area contributed by atoms with Gasteiger partial charge < -0.3 is 15.2 Å². The second-order valence-corrected chi connectivity index (χ2v) is 2.85. The molecule has 0 aliphatic rings. The lowest BCUT2D eigenvalue weighted by Crippen LogP contribution is -2.06. The van der Waals surface area contributed by atoms with Gasteiger partial charge in [-0.2, -0.15) is 4.98 Å². The first-order valence-electron chi connectivity index (χ1n) is 4.50. The molecule has 0 unspecified atom stereocenters. The summed E-state index contributed by atoms with van der Waals surface area (Å²) in [6.45, 7) is 2.67. The molecule has 0 spiro atoms. The van der Waals surface area contributed by atoms with Crippen LogP contribution in [-0.2, 0) is 0 Å². The van der Waals surface area contributed by atoms with Crippen LogP contribution in [0.25, 0.3) is 0 Å². The topological polar surface area (TPSA) is 67.3 Å². The zero-order valence-corrected chi connectivity index (χ0v) is 8.45. The smallest absolute Gasteiger partial charge is 0.218 e. The van der Waals surface area contributed by atoms with Crippen molar-refractivity contribution < 1.29 is 9.84 Å². The van der Waals surface area contributed by atoms with Crippen LogP contribution in [0.5, 0.6) is 5.88 Å². The van der Waals surface area contributed by atoms with Crippen LogP contribution in [0, 0.1) is 6.92 Å². The summed E-state index contributed by atoms with van der Waals surface area (Å²) in [4.78, 5) is 8.23. The summed E-state index contributed by atoms with van der Waals surface area (Å²) < 4.78 is 5.00. The summed E-state index contributed by atoms with van der Waals surface area (Å²) in [7, 11) is 1.57. The molecule has 1 aromatic rings. The van der Waals surface area contributed by atoms with E-state index in [1.54, 1.807) is 20.1 Å². The Morgan fingerprint density at radius 1 is 1.50 bits per heavy atom. The fraction of sp³-hybridized carbons (Fsp3) is 0.556. The van der Waals surface area contributed by atoms with Gasteiger partial charge in [-0.05, 0) is 13.3 Å².